The van der Waals surface area contributed by atoms with Crippen molar-refractivity contribution in [2.24, 2.45) is 0 Å². The van der Waals surface area contributed by atoms with Crippen molar-refractivity contribution < 1.29 is 35.8 Å². The highest BCUT2D eigenvalue weighted by Crippen LogP contribution is 2.41. The number of nitrogens with zero attached hydrogens (tertiary/aromatic N) is 6. The van der Waals surface area contributed by atoms with E-state index >= 15 is 0 Å². The van der Waals surface area contributed by atoms with Crippen molar-refractivity contribution >= 4 is 21.4 Å². The zero-order valence-corrected chi connectivity index (χ0v) is 20.3. The van der Waals surface area contributed by atoms with Crippen molar-refractivity contribution in [2.45, 2.75) is 31.5 Å². The van der Waals surface area contributed by atoms with E-state index in [0.29, 0.717) is 17.5 Å². The third-order valence-corrected chi connectivity index (χ3v) is 6.77. The molecule has 0 radical (unpaired) electrons. The van der Waals surface area contributed by atoms with Gasteiger partial charge in [0.05, 0.1) is 29.0 Å². The molecule has 0 aromatic carbocycles. The molecule has 0 bridgehead atoms. The quantitative estimate of drug-likeness (QED) is 0.393. The maximum atomic E-state index is 12.9. The van der Waals surface area contributed by atoms with E-state index in [2.05, 4.69) is 29.9 Å². The fourth-order valence-electron chi connectivity index (χ4n) is 3.53. The standard InChI is InChI=1S/C20H20ClF3N6O5S/c1-2-33-9-13-10-34-17-14(3-5-25-19(17)35-20(22,23)24)18-29-28-16(30(13)18)11-36(31,32)6-4-15-26-7-12(21)8-27-15/h3,5,7-8,13H,2,4,6,9-11H2,1H3/t13-/m1/s1. The Morgan fingerprint density at radius 3 is 2.67 bits per heavy atom. The molecule has 4 heterocycles. The zero-order chi connectivity index (χ0) is 25.9. The van der Waals surface area contributed by atoms with E-state index in [1.165, 1.54) is 23.0 Å². The predicted molar refractivity (Wildman–Crippen MR) is 119 cm³/mol. The minimum absolute atomic E-state index is 0.0542. The van der Waals surface area contributed by atoms with Crippen molar-refractivity contribution in [1.82, 2.24) is 29.7 Å². The summed E-state index contributed by atoms with van der Waals surface area (Å²) in [5.41, 5.74) is 0.119. The summed E-state index contributed by atoms with van der Waals surface area (Å²) in [4.78, 5) is 11.6. The minimum Gasteiger partial charge on any atom is -0.485 e. The van der Waals surface area contributed by atoms with Crippen LogP contribution in [0.3, 0.4) is 0 Å². The molecule has 0 unspecified atom stereocenters. The smallest absolute Gasteiger partial charge is 0.485 e. The van der Waals surface area contributed by atoms with E-state index in [1.54, 1.807) is 6.92 Å². The average Bonchev–Trinajstić information content (AvgIpc) is 3.13. The molecule has 0 N–H and O–H groups in total. The summed E-state index contributed by atoms with van der Waals surface area (Å²) < 4.78 is 81.2. The second-order valence-corrected chi connectivity index (χ2v) is 10.3. The first-order valence-electron chi connectivity index (χ1n) is 10.6. The highest BCUT2D eigenvalue weighted by Gasteiger charge is 2.37. The number of sulfone groups is 1. The van der Waals surface area contributed by atoms with Crippen LogP contribution in [0.1, 0.15) is 24.6 Å². The van der Waals surface area contributed by atoms with Gasteiger partial charge in [0.25, 0.3) is 5.88 Å². The van der Waals surface area contributed by atoms with E-state index in [9.17, 15) is 21.6 Å². The molecule has 3 aromatic heterocycles. The Kier molecular flexibility index (Phi) is 7.61. The number of fused-ring (bicyclic) bond motifs is 3. The Bertz CT molecular complexity index is 1320. The Balaban J connectivity index is 1.66. The van der Waals surface area contributed by atoms with Crippen LogP contribution in [0.2, 0.25) is 5.02 Å². The predicted octanol–water partition coefficient (Wildman–Crippen LogP) is 2.81. The van der Waals surface area contributed by atoms with Gasteiger partial charge in [0.2, 0.25) is 0 Å². The molecule has 1 aliphatic heterocycles. The fourth-order valence-corrected chi connectivity index (χ4v) is 4.86. The molecule has 0 saturated carbocycles. The number of halogens is 4. The van der Waals surface area contributed by atoms with Gasteiger partial charge in [-0.15, -0.1) is 23.4 Å². The summed E-state index contributed by atoms with van der Waals surface area (Å²) in [6.07, 6.45) is -1.10. The largest absolute Gasteiger partial charge is 0.574 e. The van der Waals surface area contributed by atoms with Gasteiger partial charge in [0, 0.05) is 31.6 Å². The summed E-state index contributed by atoms with van der Waals surface area (Å²) in [6.45, 7) is 2.02. The monoisotopic (exact) mass is 548 g/mol. The molecule has 3 aromatic rings. The Morgan fingerprint density at radius 1 is 1.22 bits per heavy atom. The van der Waals surface area contributed by atoms with Crippen molar-refractivity contribution in [1.29, 1.82) is 0 Å². The van der Waals surface area contributed by atoms with E-state index in [1.807, 2.05) is 0 Å². The van der Waals surface area contributed by atoms with Gasteiger partial charge in [0.15, 0.2) is 21.4 Å². The van der Waals surface area contributed by atoms with Gasteiger partial charge in [-0.3, -0.25) is 0 Å². The fraction of sp³-hybridized carbons (Fsp3) is 0.450. The van der Waals surface area contributed by atoms with Crippen LogP contribution < -0.4 is 9.47 Å². The van der Waals surface area contributed by atoms with Gasteiger partial charge >= 0.3 is 6.36 Å². The van der Waals surface area contributed by atoms with Crippen LogP contribution in [0.25, 0.3) is 11.4 Å². The number of hydrogen-bond acceptors (Lipinski definition) is 10. The van der Waals surface area contributed by atoms with E-state index < -0.39 is 33.9 Å². The highest BCUT2D eigenvalue weighted by molar-refractivity contribution is 7.90. The second-order valence-electron chi connectivity index (χ2n) is 7.63. The van der Waals surface area contributed by atoms with Crippen molar-refractivity contribution in [3.05, 3.63) is 41.3 Å². The Labute approximate surface area is 208 Å². The third-order valence-electron chi connectivity index (χ3n) is 5.05. The van der Waals surface area contributed by atoms with Crippen LogP contribution in [-0.4, -0.2) is 70.1 Å². The van der Waals surface area contributed by atoms with E-state index in [-0.39, 0.29) is 48.3 Å². The van der Waals surface area contributed by atoms with Crippen molar-refractivity contribution in [2.75, 3.05) is 25.6 Å². The molecule has 16 heteroatoms. The van der Waals surface area contributed by atoms with Gasteiger partial charge in [-0.2, -0.15) is 0 Å². The molecule has 11 nitrogen and oxygen atoms in total. The number of hydrogen-bond donors (Lipinski definition) is 0. The highest BCUT2D eigenvalue weighted by atomic mass is 35.5. The first-order chi connectivity index (χ1) is 17.1. The maximum Gasteiger partial charge on any atom is 0.574 e. The number of ether oxygens (including phenoxy) is 3. The Hall–Kier alpha value is -3.04. The van der Waals surface area contributed by atoms with E-state index in [4.69, 9.17) is 21.1 Å². The van der Waals surface area contributed by atoms with Crippen LogP contribution in [0.4, 0.5) is 13.2 Å². The van der Waals surface area contributed by atoms with Crippen LogP contribution in [0, 0.1) is 0 Å². The molecule has 0 spiro atoms. The van der Waals surface area contributed by atoms with Crippen molar-refractivity contribution in [3.8, 4) is 23.0 Å². The zero-order valence-electron chi connectivity index (χ0n) is 18.8. The molecule has 4 rings (SSSR count). The molecule has 194 valence electrons. The maximum absolute atomic E-state index is 12.9. The first kappa shape index (κ1) is 26.0. The summed E-state index contributed by atoms with van der Waals surface area (Å²) in [5.74, 6) is -1.33. The van der Waals surface area contributed by atoms with Gasteiger partial charge in [-0.1, -0.05) is 11.6 Å². The van der Waals surface area contributed by atoms with Crippen LogP contribution in [0.5, 0.6) is 11.6 Å². The molecular formula is C20H20ClF3N6O5S. The van der Waals surface area contributed by atoms with Gasteiger partial charge in [0.1, 0.15) is 24.0 Å². The SMILES string of the molecule is CCOC[C@@H]1COc2c(ccnc2OC(F)(F)F)-c2nnc(CS(=O)(=O)CCc3ncc(Cl)cn3)n21. The van der Waals surface area contributed by atoms with E-state index in [0.717, 1.165) is 6.20 Å². The third kappa shape index (κ3) is 6.20. The summed E-state index contributed by atoms with van der Waals surface area (Å²) in [5, 5.41) is 8.45. The summed E-state index contributed by atoms with van der Waals surface area (Å²) in [6, 6.07) is 0.754. The average molecular weight is 549 g/mol. The normalized spacial score (nSPS) is 15.5. The lowest BCUT2D eigenvalue weighted by Crippen LogP contribution is -2.25. The lowest BCUT2D eigenvalue weighted by atomic mass is 10.2. The molecular weight excluding hydrogens is 529 g/mol. The molecule has 0 saturated heterocycles. The Morgan fingerprint density at radius 2 is 1.97 bits per heavy atom. The topological polar surface area (TPSA) is 131 Å². The number of aryl methyl sites for hydroxylation is 1. The minimum atomic E-state index is -5.00. The number of aromatic nitrogens is 6. The lowest BCUT2D eigenvalue weighted by molar-refractivity contribution is -0.276. The van der Waals surface area contributed by atoms with Crippen molar-refractivity contribution in [3.63, 3.8) is 0 Å². The van der Waals surface area contributed by atoms with Gasteiger partial charge in [-0.25, -0.2) is 23.4 Å². The number of pyridine rings is 1. The second kappa shape index (κ2) is 10.5. The number of alkyl halides is 3. The van der Waals surface area contributed by atoms with Crippen LogP contribution >= 0.6 is 11.6 Å². The molecule has 0 amide bonds. The molecule has 1 aliphatic rings. The molecule has 1 atom stereocenters. The van der Waals surface area contributed by atoms with Crippen LogP contribution in [-0.2, 0) is 26.7 Å². The lowest BCUT2D eigenvalue weighted by Gasteiger charge is -2.19. The first-order valence-corrected chi connectivity index (χ1v) is 12.8. The number of rotatable bonds is 9. The molecule has 0 fully saturated rings. The van der Waals surface area contributed by atoms with Crippen LogP contribution in [0.15, 0.2) is 24.7 Å². The molecule has 0 aliphatic carbocycles. The summed E-state index contributed by atoms with van der Waals surface area (Å²) >= 11 is 5.76. The summed E-state index contributed by atoms with van der Waals surface area (Å²) in [7, 11) is -3.72. The van der Waals surface area contributed by atoms with Gasteiger partial charge < -0.3 is 18.8 Å². The van der Waals surface area contributed by atoms with Gasteiger partial charge in [-0.05, 0) is 13.0 Å². The molecule has 36 heavy (non-hydrogen) atoms.